The zero-order valence-corrected chi connectivity index (χ0v) is 23.7. The monoisotopic (exact) mass is 582 g/mol. The van der Waals surface area contributed by atoms with Crippen molar-refractivity contribution < 1.29 is 22.6 Å². The number of benzene rings is 2. The lowest BCUT2D eigenvalue weighted by atomic mass is 10.1. The molecule has 1 aliphatic heterocycles. The molecule has 0 aliphatic carbocycles. The van der Waals surface area contributed by atoms with Gasteiger partial charge in [-0.05, 0) is 42.3 Å². The van der Waals surface area contributed by atoms with Crippen molar-refractivity contribution >= 4 is 34.2 Å². The molecule has 1 fully saturated rings. The normalized spacial score (nSPS) is 14.3. The Morgan fingerprint density at radius 1 is 0.976 bits per heavy atom. The van der Waals surface area contributed by atoms with Crippen molar-refractivity contribution in [2.45, 2.75) is 19.6 Å². The summed E-state index contributed by atoms with van der Waals surface area (Å²) in [6.45, 7) is 7.28. The van der Waals surface area contributed by atoms with Gasteiger partial charge in [-0.1, -0.05) is 12.1 Å². The van der Waals surface area contributed by atoms with E-state index in [2.05, 4.69) is 35.4 Å². The first-order valence-corrected chi connectivity index (χ1v) is 13.5. The lowest BCUT2D eigenvalue weighted by Gasteiger charge is -2.34. The molecule has 222 valence electrons. The minimum absolute atomic E-state index is 0.219. The first kappa shape index (κ1) is 29.3. The Balaban J connectivity index is 1.32. The Morgan fingerprint density at radius 3 is 2.52 bits per heavy atom. The first-order chi connectivity index (χ1) is 20.2. The number of ether oxygens (including phenoxy) is 2. The Morgan fingerprint density at radius 2 is 1.79 bits per heavy atom. The fraction of sp³-hybridized carbons (Fsp3) is 0.379. The number of piperazine rings is 1. The molecule has 2 aromatic heterocycles. The largest absolute Gasteiger partial charge is 0.496 e. The van der Waals surface area contributed by atoms with Gasteiger partial charge in [0.1, 0.15) is 23.1 Å². The maximum atomic E-state index is 13.4. The summed E-state index contributed by atoms with van der Waals surface area (Å²) in [7, 11) is 2.93. The molecule has 10 nitrogen and oxygen atoms in total. The number of methoxy groups -OCH3 is 2. The molecule has 0 radical (unpaired) electrons. The molecular weight excluding hydrogens is 549 g/mol. The fourth-order valence-electron chi connectivity index (χ4n) is 4.77. The van der Waals surface area contributed by atoms with Gasteiger partial charge in [0.25, 0.3) is 0 Å². The van der Waals surface area contributed by atoms with Crippen molar-refractivity contribution in [1.29, 1.82) is 0 Å². The van der Waals surface area contributed by atoms with Crippen LogP contribution in [-0.4, -0.2) is 78.4 Å². The van der Waals surface area contributed by atoms with Crippen LogP contribution in [0, 0.1) is 6.92 Å². The van der Waals surface area contributed by atoms with E-state index in [4.69, 9.17) is 14.5 Å². The predicted octanol–water partition coefficient (Wildman–Crippen LogP) is 4.88. The summed E-state index contributed by atoms with van der Waals surface area (Å²) in [5, 5.41) is 6.46. The third-order valence-electron chi connectivity index (χ3n) is 7.19. The number of nitrogens with one attached hydrogen (secondary N) is 2. The second-order valence-electron chi connectivity index (χ2n) is 9.99. The molecule has 13 heteroatoms. The Hall–Kier alpha value is -4.23. The van der Waals surface area contributed by atoms with Gasteiger partial charge < -0.3 is 25.0 Å². The summed E-state index contributed by atoms with van der Waals surface area (Å²) >= 11 is 0. The van der Waals surface area contributed by atoms with E-state index in [0.717, 1.165) is 55.6 Å². The summed E-state index contributed by atoms with van der Waals surface area (Å²) < 4.78 is 50.4. The van der Waals surface area contributed by atoms with Gasteiger partial charge in [0.15, 0.2) is 5.82 Å². The molecule has 2 N–H and O–H groups in total. The highest BCUT2D eigenvalue weighted by Gasteiger charge is 2.34. The number of alkyl halides is 3. The van der Waals surface area contributed by atoms with E-state index in [9.17, 15) is 13.2 Å². The summed E-state index contributed by atoms with van der Waals surface area (Å²) in [6, 6.07) is 9.73. The van der Waals surface area contributed by atoms with Gasteiger partial charge in [-0.15, -0.1) is 0 Å². The molecule has 1 aliphatic rings. The SMILES string of the molecule is COCCN1CCN(c2ncc3ncnc(Nc4cc(CNc5ccc(OC)c(C(F)(F)F)c5)ccc4C)c3n2)CC1. The summed E-state index contributed by atoms with van der Waals surface area (Å²) in [4.78, 5) is 22.7. The van der Waals surface area contributed by atoms with E-state index in [1.165, 1.54) is 19.5 Å². The topological polar surface area (TPSA) is 101 Å². The third-order valence-corrected chi connectivity index (χ3v) is 7.19. The summed E-state index contributed by atoms with van der Waals surface area (Å²) in [5.74, 6) is 0.947. The quantitative estimate of drug-likeness (QED) is 0.269. The smallest absolute Gasteiger partial charge is 0.420 e. The van der Waals surface area contributed by atoms with Crippen molar-refractivity contribution in [2.24, 2.45) is 0 Å². The molecule has 5 rings (SSSR count). The zero-order chi connectivity index (χ0) is 29.7. The number of hydrogen-bond donors (Lipinski definition) is 2. The van der Waals surface area contributed by atoms with Crippen LogP contribution >= 0.6 is 0 Å². The molecule has 42 heavy (non-hydrogen) atoms. The minimum Gasteiger partial charge on any atom is -0.496 e. The third kappa shape index (κ3) is 6.80. The van der Waals surface area contributed by atoms with E-state index >= 15 is 0 Å². The predicted molar refractivity (Wildman–Crippen MR) is 155 cm³/mol. The molecule has 2 aromatic carbocycles. The lowest BCUT2D eigenvalue weighted by molar-refractivity contribution is -0.138. The van der Waals surface area contributed by atoms with E-state index in [1.54, 1.807) is 19.4 Å². The van der Waals surface area contributed by atoms with E-state index in [1.807, 2.05) is 25.1 Å². The molecule has 3 heterocycles. The highest BCUT2D eigenvalue weighted by Crippen LogP contribution is 2.38. The number of fused-ring (bicyclic) bond motifs is 1. The molecular formula is C29H33F3N8O2. The van der Waals surface area contributed by atoms with Crippen LogP contribution in [0.5, 0.6) is 5.75 Å². The van der Waals surface area contributed by atoms with Gasteiger partial charge in [-0.2, -0.15) is 13.2 Å². The van der Waals surface area contributed by atoms with Crippen LogP contribution in [0.1, 0.15) is 16.7 Å². The van der Waals surface area contributed by atoms with Crippen molar-refractivity contribution in [3.8, 4) is 5.75 Å². The molecule has 0 atom stereocenters. The van der Waals surface area contributed by atoms with Crippen molar-refractivity contribution in [3.05, 3.63) is 65.6 Å². The van der Waals surface area contributed by atoms with E-state index in [0.29, 0.717) is 41.6 Å². The van der Waals surface area contributed by atoms with Gasteiger partial charge in [-0.3, -0.25) is 4.90 Å². The number of nitrogens with zero attached hydrogens (tertiary/aromatic N) is 6. The number of hydrogen-bond acceptors (Lipinski definition) is 10. The number of aryl methyl sites for hydroxylation is 1. The molecule has 0 bridgehead atoms. The van der Waals surface area contributed by atoms with Crippen LogP contribution in [0.4, 0.5) is 36.3 Å². The van der Waals surface area contributed by atoms with Crippen LogP contribution in [0.25, 0.3) is 11.0 Å². The van der Waals surface area contributed by atoms with Crippen molar-refractivity contribution in [3.63, 3.8) is 0 Å². The van der Waals surface area contributed by atoms with Gasteiger partial charge in [0.2, 0.25) is 5.95 Å². The maximum absolute atomic E-state index is 13.4. The molecule has 4 aromatic rings. The van der Waals surface area contributed by atoms with Crippen LogP contribution in [-0.2, 0) is 17.5 Å². The van der Waals surface area contributed by atoms with Crippen molar-refractivity contribution in [1.82, 2.24) is 24.8 Å². The molecule has 0 amide bonds. The number of anilines is 4. The number of rotatable bonds is 10. The van der Waals surface area contributed by atoms with Crippen LogP contribution < -0.4 is 20.3 Å². The van der Waals surface area contributed by atoms with Gasteiger partial charge in [0, 0.05) is 57.8 Å². The average Bonchev–Trinajstić information content (AvgIpc) is 3.00. The minimum atomic E-state index is -4.52. The number of halogens is 3. The molecule has 0 saturated carbocycles. The second kappa shape index (κ2) is 12.7. The zero-order valence-electron chi connectivity index (χ0n) is 23.7. The van der Waals surface area contributed by atoms with E-state index in [-0.39, 0.29) is 5.75 Å². The Bertz CT molecular complexity index is 1530. The van der Waals surface area contributed by atoms with Gasteiger partial charge in [-0.25, -0.2) is 19.9 Å². The van der Waals surface area contributed by atoms with Gasteiger partial charge in [0.05, 0.1) is 25.5 Å². The summed E-state index contributed by atoms with van der Waals surface area (Å²) in [6.07, 6.45) is -1.35. The average molecular weight is 583 g/mol. The fourth-order valence-corrected chi connectivity index (χ4v) is 4.77. The van der Waals surface area contributed by atoms with Crippen LogP contribution in [0.3, 0.4) is 0 Å². The van der Waals surface area contributed by atoms with E-state index < -0.39 is 11.7 Å². The lowest BCUT2D eigenvalue weighted by Crippen LogP contribution is -2.47. The molecule has 0 unspecified atom stereocenters. The van der Waals surface area contributed by atoms with Gasteiger partial charge >= 0.3 is 6.18 Å². The maximum Gasteiger partial charge on any atom is 0.420 e. The Labute approximate surface area is 241 Å². The highest BCUT2D eigenvalue weighted by atomic mass is 19.4. The van der Waals surface area contributed by atoms with Crippen molar-refractivity contribution in [2.75, 3.05) is 69.1 Å². The highest BCUT2D eigenvalue weighted by molar-refractivity contribution is 5.87. The standard InChI is InChI=1S/C29H33F3N8O2/c1-19-4-5-20(16-33-21-6-7-25(42-3)22(15-21)29(30,31)32)14-23(19)37-27-26-24(35-18-36-27)17-34-28(38-26)40-10-8-39(9-11-40)12-13-41-2/h4-7,14-15,17-18,33H,8-13,16H2,1-3H3,(H,35,36,37). The summed E-state index contributed by atoms with van der Waals surface area (Å²) in [5.41, 5.74) is 3.36. The van der Waals surface area contributed by atoms with Crippen LogP contribution in [0.15, 0.2) is 48.9 Å². The number of aromatic nitrogens is 4. The van der Waals surface area contributed by atoms with Crippen LogP contribution in [0.2, 0.25) is 0 Å². The first-order valence-electron chi connectivity index (χ1n) is 13.5. The molecule has 1 saturated heterocycles. The second-order valence-corrected chi connectivity index (χ2v) is 9.99. The molecule has 0 spiro atoms. The Kier molecular flexibility index (Phi) is 8.88.